The lowest BCUT2D eigenvalue weighted by Crippen LogP contribution is -2.08. The van der Waals surface area contributed by atoms with Crippen molar-refractivity contribution in [3.8, 4) is 0 Å². The third-order valence-corrected chi connectivity index (χ3v) is 1.08. The Hall–Kier alpha value is -1.32. The van der Waals surface area contributed by atoms with Gasteiger partial charge in [0.25, 0.3) is 0 Å². The van der Waals surface area contributed by atoms with Crippen molar-refractivity contribution in [1.29, 1.82) is 0 Å². The number of esters is 1. The first-order valence-corrected chi connectivity index (χ1v) is 3.69. The number of ether oxygens (including phenoxy) is 1. The van der Waals surface area contributed by atoms with Crippen LogP contribution in [0.1, 0.15) is 26.7 Å². The normalized spacial score (nSPS) is 11.0. The predicted octanol–water partition coefficient (Wildman–Crippen LogP) is 1.32. The highest BCUT2D eigenvalue weighted by Crippen LogP contribution is 2.01. The minimum atomic E-state index is -1.21. The van der Waals surface area contributed by atoms with E-state index in [1.807, 2.05) is 6.92 Å². The second kappa shape index (κ2) is 5.35. The van der Waals surface area contributed by atoms with Crippen molar-refractivity contribution < 1.29 is 19.4 Å². The van der Waals surface area contributed by atoms with Crippen LogP contribution in [0.3, 0.4) is 0 Å². The third kappa shape index (κ3) is 4.49. The molecule has 0 aliphatic rings. The molecule has 0 heterocycles. The molecule has 0 aliphatic heterocycles. The molecule has 0 rings (SSSR count). The number of hydrogen-bond acceptors (Lipinski definition) is 3. The molecule has 0 aliphatic carbocycles. The average Bonchev–Trinajstić information content (AvgIpc) is 1.96. The molecule has 68 valence electrons. The zero-order valence-corrected chi connectivity index (χ0v) is 7.16. The summed E-state index contributed by atoms with van der Waals surface area (Å²) in [6, 6.07) is 0. The zero-order chi connectivity index (χ0) is 9.56. The molecule has 1 N–H and O–H groups in total. The van der Waals surface area contributed by atoms with E-state index >= 15 is 0 Å². The van der Waals surface area contributed by atoms with Crippen molar-refractivity contribution in [2.75, 3.05) is 0 Å². The quantitative estimate of drug-likeness (QED) is 0.394. The summed E-state index contributed by atoms with van der Waals surface area (Å²) >= 11 is 0. The maximum absolute atomic E-state index is 10.4. The molecule has 0 amide bonds. The number of hydrogen-bond donors (Lipinski definition) is 1. The lowest BCUT2D eigenvalue weighted by Gasteiger charge is -2.00. The van der Waals surface area contributed by atoms with Crippen LogP contribution in [0.25, 0.3) is 0 Å². The van der Waals surface area contributed by atoms with E-state index in [9.17, 15) is 9.59 Å². The third-order valence-electron chi connectivity index (χ3n) is 1.08. The standard InChI is InChI=1S/C8H12O4/c1-3-4-5-7(8(10)11)12-6(2)9/h5H,3-4H2,1-2H3,(H,10,11)/b7-5+. The number of aliphatic carboxylic acids is 1. The van der Waals surface area contributed by atoms with E-state index < -0.39 is 11.9 Å². The largest absolute Gasteiger partial charge is 0.475 e. The Morgan fingerprint density at radius 2 is 2.08 bits per heavy atom. The van der Waals surface area contributed by atoms with Gasteiger partial charge in [-0.2, -0.15) is 0 Å². The van der Waals surface area contributed by atoms with Crippen LogP contribution in [-0.2, 0) is 14.3 Å². The van der Waals surface area contributed by atoms with E-state index in [2.05, 4.69) is 4.74 Å². The molecule has 0 radical (unpaired) electrons. The fraction of sp³-hybridized carbons (Fsp3) is 0.500. The molecule has 0 aromatic carbocycles. The van der Waals surface area contributed by atoms with Gasteiger partial charge in [-0.3, -0.25) is 4.79 Å². The lowest BCUT2D eigenvalue weighted by molar-refractivity contribution is -0.146. The van der Waals surface area contributed by atoms with Crippen LogP contribution in [0.2, 0.25) is 0 Å². The fourth-order valence-electron chi connectivity index (χ4n) is 0.603. The summed E-state index contributed by atoms with van der Waals surface area (Å²) in [6.45, 7) is 3.08. The number of rotatable bonds is 4. The fourth-order valence-corrected chi connectivity index (χ4v) is 0.603. The van der Waals surface area contributed by atoms with Crippen molar-refractivity contribution in [2.45, 2.75) is 26.7 Å². The summed E-state index contributed by atoms with van der Waals surface area (Å²) in [6.07, 6.45) is 2.80. The number of carbonyl (C=O) groups is 2. The number of carboxylic acid groups (broad SMARTS) is 1. The average molecular weight is 172 g/mol. The monoisotopic (exact) mass is 172 g/mol. The molecule has 0 aromatic heterocycles. The molecule has 4 heteroatoms. The first-order chi connectivity index (χ1) is 5.57. The molecule has 0 fully saturated rings. The van der Waals surface area contributed by atoms with Crippen LogP contribution in [0.15, 0.2) is 11.8 Å². The van der Waals surface area contributed by atoms with E-state index in [1.165, 1.54) is 13.0 Å². The van der Waals surface area contributed by atoms with Gasteiger partial charge in [0.15, 0.2) is 0 Å². The van der Waals surface area contributed by atoms with Crippen molar-refractivity contribution in [1.82, 2.24) is 0 Å². The van der Waals surface area contributed by atoms with E-state index in [0.717, 1.165) is 6.42 Å². The topological polar surface area (TPSA) is 63.6 Å². The van der Waals surface area contributed by atoms with Crippen LogP contribution >= 0.6 is 0 Å². The Morgan fingerprint density at radius 3 is 2.42 bits per heavy atom. The highest BCUT2D eigenvalue weighted by atomic mass is 16.6. The van der Waals surface area contributed by atoms with Crippen LogP contribution in [0.5, 0.6) is 0 Å². The summed E-state index contributed by atoms with van der Waals surface area (Å²) in [4.78, 5) is 20.8. The Labute approximate surface area is 70.8 Å². The molecule has 0 unspecified atom stereocenters. The highest BCUT2D eigenvalue weighted by molar-refractivity contribution is 5.87. The molecule has 0 atom stereocenters. The zero-order valence-electron chi connectivity index (χ0n) is 7.16. The predicted molar refractivity (Wildman–Crippen MR) is 42.4 cm³/mol. The Balaban J connectivity index is 4.22. The maximum Gasteiger partial charge on any atom is 0.371 e. The summed E-state index contributed by atoms with van der Waals surface area (Å²) in [5.41, 5.74) is 0. The second-order valence-corrected chi connectivity index (χ2v) is 2.26. The Morgan fingerprint density at radius 1 is 1.50 bits per heavy atom. The number of allylic oxidation sites excluding steroid dienone is 1. The van der Waals surface area contributed by atoms with Gasteiger partial charge >= 0.3 is 11.9 Å². The summed E-state index contributed by atoms with van der Waals surface area (Å²) < 4.78 is 4.44. The summed E-state index contributed by atoms with van der Waals surface area (Å²) in [5.74, 6) is -2.11. The Bertz CT molecular complexity index is 205. The minimum absolute atomic E-state index is 0.288. The smallest absolute Gasteiger partial charge is 0.371 e. The highest BCUT2D eigenvalue weighted by Gasteiger charge is 2.09. The van der Waals surface area contributed by atoms with Crippen molar-refractivity contribution in [3.63, 3.8) is 0 Å². The van der Waals surface area contributed by atoms with E-state index in [0.29, 0.717) is 6.42 Å². The lowest BCUT2D eigenvalue weighted by atomic mass is 10.3. The SMILES string of the molecule is CCC/C=C(/OC(C)=O)C(=O)O. The van der Waals surface area contributed by atoms with Gasteiger partial charge in [0.1, 0.15) is 0 Å². The van der Waals surface area contributed by atoms with Gasteiger partial charge < -0.3 is 9.84 Å². The van der Waals surface area contributed by atoms with Crippen LogP contribution in [-0.4, -0.2) is 17.0 Å². The number of carbonyl (C=O) groups excluding carboxylic acids is 1. The number of carboxylic acids is 1. The van der Waals surface area contributed by atoms with Gasteiger partial charge in [-0.15, -0.1) is 0 Å². The van der Waals surface area contributed by atoms with Gasteiger partial charge in [-0.05, 0) is 12.5 Å². The molecule has 12 heavy (non-hydrogen) atoms. The summed E-state index contributed by atoms with van der Waals surface area (Å²) in [5, 5.41) is 8.50. The molecule has 0 aromatic rings. The van der Waals surface area contributed by atoms with E-state index in [-0.39, 0.29) is 5.76 Å². The van der Waals surface area contributed by atoms with Crippen LogP contribution in [0.4, 0.5) is 0 Å². The molecule has 4 nitrogen and oxygen atoms in total. The van der Waals surface area contributed by atoms with Gasteiger partial charge in [0.05, 0.1) is 0 Å². The molecule has 0 saturated heterocycles. The number of unbranched alkanes of at least 4 members (excludes halogenated alkanes) is 1. The van der Waals surface area contributed by atoms with Gasteiger partial charge in [-0.25, -0.2) is 4.79 Å². The molecule has 0 saturated carbocycles. The minimum Gasteiger partial charge on any atom is -0.475 e. The first-order valence-electron chi connectivity index (χ1n) is 3.69. The van der Waals surface area contributed by atoms with Gasteiger partial charge in [0, 0.05) is 6.92 Å². The van der Waals surface area contributed by atoms with Crippen molar-refractivity contribution in [2.24, 2.45) is 0 Å². The molecule has 0 bridgehead atoms. The Kier molecular flexibility index (Phi) is 4.76. The van der Waals surface area contributed by atoms with Gasteiger partial charge in [-0.1, -0.05) is 13.3 Å². The van der Waals surface area contributed by atoms with Gasteiger partial charge in [0.2, 0.25) is 5.76 Å². The molecular formula is C8H12O4. The second-order valence-electron chi connectivity index (χ2n) is 2.26. The van der Waals surface area contributed by atoms with E-state index in [1.54, 1.807) is 0 Å². The van der Waals surface area contributed by atoms with Crippen molar-refractivity contribution >= 4 is 11.9 Å². The first kappa shape index (κ1) is 10.7. The summed E-state index contributed by atoms with van der Waals surface area (Å²) in [7, 11) is 0. The van der Waals surface area contributed by atoms with Crippen molar-refractivity contribution in [3.05, 3.63) is 11.8 Å². The molecular weight excluding hydrogens is 160 g/mol. The van der Waals surface area contributed by atoms with E-state index in [4.69, 9.17) is 5.11 Å². The maximum atomic E-state index is 10.4. The van der Waals surface area contributed by atoms with Crippen LogP contribution in [0, 0.1) is 0 Å². The van der Waals surface area contributed by atoms with Crippen LogP contribution < -0.4 is 0 Å². The molecule has 0 spiro atoms.